The van der Waals surface area contributed by atoms with E-state index in [9.17, 15) is 5.11 Å². The van der Waals surface area contributed by atoms with E-state index >= 15 is 0 Å². The number of benzene rings is 2. The molecule has 1 aromatic heterocycles. The summed E-state index contributed by atoms with van der Waals surface area (Å²) in [5.74, 6) is 2.38. The third-order valence-electron chi connectivity index (χ3n) is 7.64. The van der Waals surface area contributed by atoms with Crippen molar-refractivity contribution in [2.24, 2.45) is 0 Å². The monoisotopic (exact) mass is 489 g/mol. The molecule has 2 heterocycles. The molecule has 192 valence electrons. The molecule has 1 aliphatic carbocycles. The van der Waals surface area contributed by atoms with Crippen LogP contribution in [0.5, 0.6) is 11.5 Å². The van der Waals surface area contributed by atoms with Crippen LogP contribution in [0.3, 0.4) is 0 Å². The van der Waals surface area contributed by atoms with Crippen LogP contribution in [0.15, 0.2) is 67.0 Å². The third kappa shape index (κ3) is 5.88. The Labute approximate surface area is 215 Å². The van der Waals surface area contributed by atoms with Crippen LogP contribution in [-0.2, 0) is 0 Å². The second-order valence-electron chi connectivity index (χ2n) is 10.1. The molecule has 2 aliphatic rings. The van der Waals surface area contributed by atoms with Crippen molar-refractivity contribution in [2.45, 2.75) is 44.1 Å². The van der Waals surface area contributed by atoms with Gasteiger partial charge in [0.1, 0.15) is 24.2 Å². The predicted octanol–water partition coefficient (Wildman–Crippen LogP) is 5.10. The van der Waals surface area contributed by atoms with Crippen molar-refractivity contribution in [3.8, 4) is 17.2 Å². The highest BCUT2D eigenvalue weighted by Crippen LogP contribution is 2.36. The van der Waals surface area contributed by atoms with Gasteiger partial charge in [0, 0.05) is 45.1 Å². The van der Waals surface area contributed by atoms with Gasteiger partial charge in [-0.25, -0.2) is 0 Å². The number of ether oxygens (including phenoxy) is 2. The van der Waals surface area contributed by atoms with E-state index in [1.807, 2.05) is 24.3 Å². The molecule has 0 unspecified atom stereocenters. The summed E-state index contributed by atoms with van der Waals surface area (Å²) in [4.78, 5) is 4.68. The smallest absolute Gasteiger partial charge is 0.143 e. The van der Waals surface area contributed by atoms with Gasteiger partial charge in [-0.15, -0.1) is 0 Å². The average molecular weight is 490 g/mol. The Balaban J connectivity index is 1.17. The van der Waals surface area contributed by atoms with Crippen molar-refractivity contribution in [1.82, 2.24) is 9.47 Å². The maximum absolute atomic E-state index is 10.8. The van der Waals surface area contributed by atoms with Gasteiger partial charge >= 0.3 is 0 Å². The zero-order valence-corrected chi connectivity index (χ0v) is 21.4. The van der Waals surface area contributed by atoms with Gasteiger partial charge in [0.15, 0.2) is 0 Å². The standard InChI is InChI=1S/C30H39N3O3/c1-35-29-12-6-5-11-27(29)33-19-17-31(18-20-33)22-26(34)23-36-30-14-13-25(24-9-3-2-4-10-24)21-28(30)32-15-7-8-16-32/h5-8,11-16,21,24,26,34H,2-4,9-10,17-20,22-23H2,1H3/t26-/m1/s1. The first-order valence-electron chi connectivity index (χ1n) is 13.4. The highest BCUT2D eigenvalue weighted by Gasteiger charge is 2.22. The number of aliphatic hydroxyl groups is 1. The first-order valence-corrected chi connectivity index (χ1v) is 13.4. The molecular weight excluding hydrogens is 450 g/mol. The van der Waals surface area contributed by atoms with E-state index < -0.39 is 6.10 Å². The topological polar surface area (TPSA) is 50.1 Å². The van der Waals surface area contributed by atoms with Gasteiger partial charge in [-0.3, -0.25) is 4.90 Å². The first-order chi connectivity index (χ1) is 17.7. The van der Waals surface area contributed by atoms with Gasteiger partial charge in [0.25, 0.3) is 0 Å². The fourth-order valence-electron chi connectivity index (χ4n) is 5.64. The number of rotatable bonds is 9. The molecule has 1 N–H and O–H groups in total. The van der Waals surface area contributed by atoms with Crippen LogP contribution in [-0.4, -0.2) is 67.1 Å². The highest BCUT2D eigenvalue weighted by molar-refractivity contribution is 5.58. The molecule has 1 aliphatic heterocycles. The number of aromatic nitrogens is 1. The molecule has 6 nitrogen and oxygen atoms in total. The number of para-hydroxylation sites is 2. The molecule has 0 amide bonds. The van der Waals surface area contributed by atoms with Gasteiger partial charge in [0.05, 0.1) is 18.5 Å². The predicted molar refractivity (Wildman–Crippen MR) is 145 cm³/mol. The van der Waals surface area contributed by atoms with Crippen molar-refractivity contribution in [3.63, 3.8) is 0 Å². The number of aliphatic hydroxyl groups excluding tert-OH is 1. The molecule has 5 rings (SSSR count). The Kier molecular flexibility index (Phi) is 8.14. The van der Waals surface area contributed by atoms with E-state index in [1.165, 1.54) is 37.7 Å². The van der Waals surface area contributed by atoms with E-state index in [-0.39, 0.29) is 6.61 Å². The minimum atomic E-state index is -0.543. The maximum Gasteiger partial charge on any atom is 0.143 e. The molecule has 0 bridgehead atoms. The Morgan fingerprint density at radius 2 is 1.61 bits per heavy atom. The summed E-state index contributed by atoms with van der Waals surface area (Å²) in [6, 6.07) is 18.8. The maximum atomic E-state index is 10.8. The summed E-state index contributed by atoms with van der Waals surface area (Å²) in [5.41, 5.74) is 3.60. The van der Waals surface area contributed by atoms with Gasteiger partial charge in [-0.2, -0.15) is 0 Å². The van der Waals surface area contributed by atoms with Gasteiger partial charge < -0.3 is 24.0 Å². The van der Waals surface area contributed by atoms with Crippen LogP contribution in [0.4, 0.5) is 5.69 Å². The SMILES string of the molecule is COc1ccccc1N1CCN(C[C@@H](O)COc2ccc(C3CCCCC3)cc2-n2cccc2)CC1. The summed E-state index contributed by atoms with van der Waals surface area (Å²) < 4.78 is 13.8. The van der Waals surface area contributed by atoms with Gasteiger partial charge in [-0.1, -0.05) is 37.5 Å². The van der Waals surface area contributed by atoms with Crippen LogP contribution in [0.2, 0.25) is 0 Å². The summed E-state index contributed by atoms with van der Waals surface area (Å²) in [6.45, 7) is 4.52. The number of β-amino-alcohol motifs (C(OH)–C–C–N with tert-alkyl or cyclic N) is 1. The summed E-state index contributed by atoms with van der Waals surface area (Å²) in [6.07, 6.45) is 10.1. The molecule has 0 spiro atoms. The lowest BCUT2D eigenvalue weighted by atomic mass is 9.84. The largest absolute Gasteiger partial charge is 0.495 e. The molecule has 1 atom stereocenters. The first kappa shape index (κ1) is 24.7. The van der Waals surface area contributed by atoms with Crippen LogP contribution >= 0.6 is 0 Å². The van der Waals surface area contributed by atoms with Crippen molar-refractivity contribution >= 4 is 5.69 Å². The second kappa shape index (κ2) is 11.8. The zero-order valence-electron chi connectivity index (χ0n) is 21.4. The normalized spacial score (nSPS) is 18.2. The Morgan fingerprint density at radius 3 is 2.36 bits per heavy atom. The molecule has 3 aromatic rings. The molecule has 2 aromatic carbocycles. The summed E-state index contributed by atoms with van der Waals surface area (Å²) in [7, 11) is 1.72. The van der Waals surface area contributed by atoms with Crippen LogP contribution in [0.25, 0.3) is 5.69 Å². The molecule has 1 saturated heterocycles. The van der Waals surface area contributed by atoms with Crippen LogP contribution < -0.4 is 14.4 Å². The molecule has 36 heavy (non-hydrogen) atoms. The number of nitrogens with zero attached hydrogens (tertiary/aromatic N) is 3. The van der Waals surface area contributed by atoms with Crippen molar-refractivity contribution in [3.05, 3.63) is 72.6 Å². The van der Waals surface area contributed by atoms with Crippen molar-refractivity contribution in [2.75, 3.05) is 51.3 Å². The Bertz CT molecular complexity index is 1090. The molecule has 0 radical (unpaired) electrons. The Morgan fingerprint density at radius 1 is 0.861 bits per heavy atom. The van der Waals surface area contributed by atoms with Crippen LogP contribution in [0, 0.1) is 0 Å². The molecule has 6 heteroatoms. The minimum Gasteiger partial charge on any atom is -0.495 e. The zero-order chi connectivity index (χ0) is 24.7. The fourth-order valence-corrected chi connectivity index (χ4v) is 5.64. The van der Waals surface area contributed by atoms with E-state index in [0.717, 1.165) is 49.1 Å². The van der Waals surface area contributed by atoms with Crippen molar-refractivity contribution in [1.29, 1.82) is 0 Å². The fraction of sp³-hybridized carbons (Fsp3) is 0.467. The van der Waals surface area contributed by atoms with E-state index in [0.29, 0.717) is 12.5 Å². The molecule has 1 saturated carbocycles. The highest BCUT2D eigenvalue weighted by atomic mass is 16.5. The summed E-state index contributed by atoms with van der Waals surface area (Å²) in [5, 5.41) is 10.8. The third-order valence-corrected chi connectivity index (χ3v) is 7.64. The van der Waals surface area contributed by atoms with Gasteiger partial charge in [-0.05, 0) is 60.7 Å². The number of piperazine rings is 1. The number of hydrogen-bond donors (Lipinski definition) is 1. The minimum absolute atomic E-state index is 0.282. The lowest BCUT2D eigenvalue weighted by Gasteiger charge is -2.37. The number of methoxy groups -OCH3 is 1. The van der Waals surface area contributed by atoms with Gasteiger partial charge in [0.2, 0.25) is 0 Å². The lowest BCUT2D eigenvalue weighted by molar-refractivity contribution is 0.0662. The summed E-state index contributed by atoms with van der Waals surface area (Å²) >= 11 is 0. The van der Waals surface area contributed by atoms with E-state index in [1.54, 1.807) is 7.11 Å². The lowest BCUT2D eigenvalue weighted by Crippen LogP contribution is -2.49. The van der Waals surface area contributed by atoms with Crippen molar-refractivity contribution < 1.29 is 14.6 Å². The number of anilines is 1. The molecular formula is C30H39N3O3. The van der Waals surface area contributed by atoms with E-state index in [2.05, 4.69) is 57.1 Å². The molecule has 2 fully saturated rings. The van der Waals surface area contributed by atoms with Crippen LogP contribution in [0.1, 0.15) is 43.6 Å². The average Bonchev–Trinajstić information content (AvgIpc) is 3.48. The Hall–Kier alpha value is -2.96. The van der Waals surface area contributed by atoms with E-state index in [4.69, 9.17) is 9.47 Å². The quantitative estimate of drug-likeness (QED) is 0.453. The number of hydrogen-bond acceptors (Lipinski definition) is 5. The second-order valence-corrected chi connectivity index (χ2v) is 10.1.